The summed E-state index contributed by atoms with van der Waals surface area (Å²) in [5.41, 5.74) is 1.50. The number of ether oxygens (including phenoxy) is 3. The van der Waals surface area contributed by atoms with Crippen LogP contribution >= 0.6 is 0 Å². The fraction of sp³-hybridized carbons (Fsp3) is 0.500. The molecule has 11 nitrogen and oxygen atoms in total. The van der Waals surface area contributed by atoms with Crippen molar-refractivity contribution in [2.75, 3.05) is 33.6 Å². The lowest BCUT2D eigenvalue weighted by Gasteiger charge is -2.38. The summed E-state index contributed by atoms with van der Waals surface area (Å²) < 4.78 is 16.0. The second-order valence-corrected chi connectivity index (χ2v) is 9.09. The van der Waals surface area contributed by atoms with Gasteiger partial charge in [-0.2, -0.15) is 0 Å². The third kappa shape index (κ3) is 3.18. The molecular formula is C24H26N4O7. The van der Waals surface area contributed by atoms with Crippen LogP contribution in [-0.4, -0.2) is 85.1 Å². The molecule has 1 aromatic carbocycles. The number of oxime groups is 1. The fourth-order valence-corrected chi connectivity index (χ4v) is 5.89. The van der Waals surface area contributed by atoms with E-state index in [0.29, 0.717) is 30.4 Å². The highest BCUT2D eigenvalue weighted by Gasteiger charge is 2.66. The summed E-state index contributed by atoms with van der Waals surface area (Å²) in [6.45, 7) is 2.84. The van der Waals surface area contributed by atoms with Gasteiger partial charge in [0.25, 0.3) is 0 Å². The van der Waals surface area contributed by atoms with Gasteiger partial charge in [0, 0.05) is 31.8 Å². The first-order valence-electron chi connectivity index (χ1n) is 11.8. The third-order valence-corrected chi connectivity index (χ3v) is 7.41. The second kappa shape index (κ2) is 8.35. The highest BCUT2D eigenvalue weighted by atomic mass is 16.7. The molecule has 5 heterocycles. The van der Waals surface area contributed by atoms with E-state index in [0.717, 1.165) is 5.56 Å². The van der Waals surface area contributed by atoms with E-state index in [1.165, 1.54) is 4.90 Å². The average Bonchev–Trinajstić information content (AvgIpc) is 3.61. The van der Waals surface area contributed by atoms with E-state index in [-0.39, 0.29) is 37.0 Å². The second-order valence-electron chi connectivity index (χ2n) is 9.09. The maximum absolute atomic E-state index is 13.4. The predicted octanol–water partition coefficient (Wildman–Crippen LogP) is 0.0982. The smallest absolute Gasteiger partial charge is 0.238 e. The Labute approximate surface area is 201 Å². The Morgan fingerprint density at radius 3 is 2.77 bits per heavy atom. The van der Waals surface area contributed by atoms with E-state index in [1.807, 2.05) is 35.3 Å². The summed E-state index contributed by atoms with van der Waals surface area (Å²) in [7, 11) is 1.55. The van der Waals surface area contributed by atoms with Gasteiger partial charge in [0.15, 0.2) is 17.7 Å². The van der Waals surface area contributed by atoms with Gasteiger partial charge in [-0.1, -0.05) is 17.3 Å². The molecule has 1 unspecified atom stereocenters. The number of imide groups is 1. The lowest BCUT2D eigenvalue weighted by molar-refractivity contribution is -0.148. The number of nitrogens with zero attached hydrogens (tertiary/aromatic N) is 3. The number of benzene rings is 1. The maximum Gasteiger partial charge on any atom is 0.238 e. The molecule has 0 aromatic heterocycles. The van der Waals surface area contributed by atoms with Crippen molar-refractivity contribution in [1.82, 2.24) is 15.1 Å². The van der Waals surface area contributed by atoms with Crippen molar-refractivity contribution >= 4 is 23.4 Å². The Kier molecular flexibility index (Phi) is 5.26. The number of nitrogens with one attached hydrogen (secondary N) is 1. The van der Waals surface area contributed by atoms with Crippen molar-refractivity contribution in [3.05, 3.63) is 35.9 Å². The molecule has 5 aliphatic rings. The molecular weight excluding hydrogens is 456 g/mol. The standard InChI is InChI=1S/C24H26N4O7/c1-3-27-22(30)17-14-6-5-13-19(12-4-7-15-16(10-12)34-11-33-15)26-35-24(13)28(14)20(18(17)23(27)31)21(29)25-8-9-32-2/h4-7,10,13-14,17-18,20,24H,3,8-9,11H2,1-2H3,(H,25,29)/t13-,14?,17+,18+,20+,24+/m1/s1. The summed E-state index contributed by atoms with van der Waals surface area (Å²) in [4.78, 5) is 48.9. The molecule has 3 amide bonds. The van der Waals surface area contributed by atoms with Gasteiger partial charge >= 0.3 is 0 Å². The highest BCUT2D eigenvalue weighted by Crippen LogP contribution is 2.48. The monoisotopic (exact) mass is 482 g/mol. The highest BCUT2D eigenvalue weighted by molar-refractivity contribution is 6.09. The fourth-order valence-electron chi connectivity index (χ4n) is 5.89. The SMILES string of the molecule is CCN1C(=O)[C@@H]2[C@@H](C(=O)NCCOC)N3C(C=C[C@@H]4C(c5ccc6c(c5)OCO6)=NO[C@@H]43)[C@@H]2C1=O. The maximum atomic E-state index is 13.4. The molecule has 6 atom stereocenters. The molecule has 2 saturated heterocycles. The van der Waals surface area contributed by atoms with E-state index in [9.17, 15) is 14.4 Å². The molecule has 0 bridgehead atoms. The molecule has 6 rings (SSSR count). The van der Waals surface area contributed by atoms with Crippen LogP contribution in [0.3, 0.4) is 0 Å². The zero-order valence-corrected chi connectivity index (χ0v) is 19.4. The lowest BCUT2D eigenvalue weighted by Crippen LogP contribution is -2.58. The van der Waals surface area contributed by atoms with E-state index in [4.69, 9.17) is 19.0 Å². The van der Waals surface area contributed by atoms with Crippen molar-refractivity contribution in [2.24, 2.45) is 22.9 Å². The van der Waals surface area contributed by atoms with E-state index < -0.39 is 30.1 Å². The van der Waals surface area contributed by atoms with Crippen LogP contribution in [0.5, 0.6) is 11.5 Å². The number of carbonyl (C=O) groups is 3. The first-order valence-corrected chi connectivity index (χ1v) is 11.8. The van der Waals surface area contributed by atoms with E-state index in [2.05, 4.69) is 10.5 Å². The van der Waals surface area contributed by atoms with Crippen molar-refractivity contribution in [3.63, 3.8) is 0 Å². The number of hydrogen-bond donors (Lipinski definition) is 1. The quantitative estimate of drug-likeness (QED) is 0.345. The van der Waals surface area contributed by atoms with Gasteiger partial charge in [0.2, 0.25) is 24.5 Å². The number of likely N-dealkylation sites (tertiary alicyclic amines) is 1. The molecule has 0 spiro atoms. The minimum absolute atomic E-state index is 0.169. The lowest BCUT2D eigenvalue weighted by atomic mass is 9.87. The zero-order chi connectivity index (χ0) is 24.3. The van der Waals surface area contributed by atoms with Crippen LogP contribution in [0.1, 0.15) is 12.5 Å². The van der Waals surface area contributed by atoms with Gasteiger partial charge in [0.1, 0.15) is 6.04 Å². The minimum atomic E-state index is -0.862. The number of amides is 3. The number of carbonyl (C=O) groups excluding carboxylic acids is 3. The predicted molar refractivity (Wildman–Crippen MR) is 120 cm³/mol. The van der Waals surface area contributed by atoms with Crippen molar-refractivity contribution in [2.45, 2.75) is 25.2 Å². The molecule has 35 heavy (non-hydrogen) atoms. The van der Waals surface area contributed by atoms with Crippen LogP contribution in [0, 0.1) is 17.8 Å². The van der Waals surface area contributed by atoms with Crippen molar-refractivity contribution in [3.8, 4) is 11.5 Å². The van der Waals surface area contributed by atoms with Crippen LogP contribution < -0.4 is 14.8 Å². The number of hydrogen-bond acceptors (Lipinski definition) is 9. The van der Waals surface area contributed by atoms with Crippen molar-refractivity contribution in [1.29, 1.82) is 0 Å². The topological polar surface area (TPSA) is 119 Å². The van der Waals surface area contributed by atoms with E-state index >= 15 is 0 Å². The first kappa shape index (κ1) is 22.1. The summed E-state index contributed by atoms with van der Waals surface area (Å²) >= 11 is 0. The van der Waals surface area contributed by atoms with Gasteiger partial charge in [-0.15, -0.1) is 0 Å². The Morgan fingerprint density at radius 1 is 1.17 bits per heavy atom. The molecule has 2 fully saturated rings. The number of fused-ring (bicyclic) bond motifs is 6. The summed E-state index contributed by atoms with van der Waals surface area (Å²) in [6.07, 6.45) is 3.27. The van der Waals surface area contributed by atoms with Gasteiger partial charge in [-0.05, 0) is 25.1 Å². The van der Waals surface area contributed by atoms with Gasteiger partial charge in [-0.3, -0.25) is 19.3 Å². The van der Waals surface area contributed by atoms with Crippen molar-refractivity contribution < 1.29 is 33.4 Å². The Bertz CT molecular complexity index is 1150. The first-order chi connectivity index (χ1) is 17.0. The molecule has 184 valence electrons. The van der Waals surface area contributed by atoms with Crippen LogP contribution in [-0.2, 0) is 24.0 Å². The Morgan fingerprint density at radius 2 is 1.97 bits per heavy atom. The molecule has 0 aliphatic carbocycles. The molecule has 0 saturated carbocycles. The molecule has 11 heteroatoms. The van der Waals surface area contributed by atoms with Crippen LogP contribution in [0.25, 0.3) is 0 Å². The molecule has 1 aromatic rings. The molecule has 5 aliphatic heterocycles. The van der Waals surface area contributed by atoms with Gasteiger partial charge in [-0.25, -0.2) is 4.90 Å². The van der Waals surface area contributed by atoms with Gasteiger partial charge in [0.05, 0.1) is 30.1 Å². The summed E-state index contributed by atoms with van der Waals surface area (Å²) in [5, 5.41) is 7.22. The third-order valence-electron chi connectivity index (χ3n) is 7.41. The van der Waals surface area contributed by atoms with Gasteiger partial charge < -0.3 is 24.4 Å². The van der Waals surface area contributed by atoms with E-state index in [1.54, 1.807) is 14.0 Å². The van der Waals surface area contributed by atoms with Crippen LogP contribution in [0.2, 0.25) is 0 Å². The summed E-state index contributed by atoms with van der Waals surface area (Å²) in [5.74, 6) is -1.30. The number of rotatable bonds is 6. The van der Waals surface area contributed by atoms with Crippen LogP contribution in [0.15, 0.2) is 35.5 Å². The molecule has 0 radical (unpaired) electrons. The Balaban J connectivity index is 1.34. The van der Waals surface area contributed by atoms with Crippen LogP contribution in [0.4, 0.5) is 0 Å². The number of methoxy groups -OCH3 is 1. The summed E-state index contributed by atoms with van der Waals surface area (Å²) in [6, 6.07) is 4.26. The molecule has 1 N–H and O–H groups in total. The largest absolute Gasteiger partial charge is 0.454 e. The zero-order valence-electron chi connectivity index (χ0n) is 19.4. The minimum Gasteiger partial charge on any atom is -0.454 e. The Hall–Kier alpha value is -3.44. The normalized spacial score (nSPS) is 32.3. The average molecular weight is 482 g/mol.